The lowest BCUT2D eigenvalue weighted by molar-refractivity contribution is 0.0646. The molecule has 5 heteroatoms. The van der Waals surface area contributed by atoms with Gasteiger partial charge in [-0.3, -0.25) is 4.79 Å². The van der Waals surface area contributed by atoms with E-state index in [-0.39, 0.29) is 18.3 Å². The number of fused-ring (bicyclic) bond motifs is 2. The molecule has 2 atom stereocenters. The molecule has 2 aliphatic rings. The van der Waals surface area contributed by atoms with Crippen molar-refractivity contribution in [2.24, 2.45) is 0 Å². The summed E-state index contributed by atoms with van der Waals surface area (Å²) in [5.41, 5.74) is 0.937. The molecule has 0 aromatic carbocycles. The molecule has 1 aromatic heterocycles. The Hall–Kier alpha value is -1.00. The maximum Gasteiger partial charge on any atom is 0.290 e. The third-order valence-electron chi connectivity index (χ3n) is 3.95. The maximum atomic E-state index is 12.5. The number of carbonyl (C=O) groups is 1. The van der Waals surface area contributed by atoms with Crippen molar-refractivity contribution in [2.45, 2.75) is 38.3 Å². The van der Waals surface area contributed by atoms with Gasteiger partial charge in [-0.05, 0) is 38.8 Å². The summed E-state index contributed by atoms with van der Waals surface area (Å²) in [6.07, 6.45) is 4.91. The van der Waals surface area contributed by atoms with Crippen LogP contribution in [0.1, 0.15) is 35.4 Å². The summed E-state index contributed by atoms with van der Waals surface area (Å²) in [4.78, 5) is 14.5. The SMILES string of the molecule is Cc1ccoc1C(=O)N1C2CCNCC1CC2.Cl. The van der Waals surface area contributed by atoms with Gasteiger partial charge >= 0.3 is 0 Å². The highest BCUT2D eigenvalue weighted by Crippen LogP contribution is 2.30. The van der Waals surface area contributed by atoms with E-state index in [1.165, 1.54) is 0 Å². The molecule has 2 unspecified atom stereocenters. The van der Waals surface area contributed by atoms with Gasteiger partial charge < -0.3 is 14.6 Å². The molecule has 3 rings (SSSR count). The summed E-state index contributed by atoms with van der Waals surface area (Å²) in [5.74, 6) is 0.590. The Balaban J connectivity index is 0.00000120. The molecule has 3 heterocycles. The molecule has 100 valence electrons. The summed E-state index contributed by atoms with van der Waals surface area (Å²) >= 11 is 0. The van der Waals surface area contributed by atoms with Crippen molar-refractivity contribution in [1.29, 1.82) is 0 Å². The Morgan fingerprint density at radius 3 is 2.89 bits per heavy atom. The monoisotopic (exact) mass is 270 g/mol. The van der Waals surface area contributed by atoms with Crippen LogP contribution in [0.25, 0.3) is 0 Å². The normalized spacial score (nSPS) is 26.6. The first-order valence-electron chi connectivity index (χ1n) is 6.35. The van der Waals surface area contributed by atoms with Gasteiger partial charge in [-0.25, -0.2) is 0 Å². The van der Waals surface area contributed by atoms with E-state index in [1.54, 1.807) is 6.26 Å². The number of halogens is 1. The molecule has 0 aliphatic carbocycles. The third-order valence-corrected chi connectivity index (χ3v) is 3.95. The predicted octanol–water partition coefficient (Wildman–Crippen LogP) is 1.98. The number of nitrogens with zero attached hydrogens (tertiary/aromatic N) is 1. The zero-order valence-corrected chi connectivity index (χ0v) is 11.3. The molecule has 0 radical (unpaired) electrons. The van der Waals surface area contributed by atoms with Crippen molar-refractivity contribution < 1.29 is 9.21 Å². The summed E-state index contributed by atoms with van der Waals surface area (Å²) in [5, 5.41) is 3.40. The highest BCUT2D eigenvalue weighted by molar-refractivity contribution is 5.93. The minimum atomic E-state index is 0. The van der Waals surface area contributed by atoms with Gasteiger partial charge in [0.15, 0.2) is 5.76 Å². The van der Waals surface area contributed by atoms with E-state index in [9.17, 15) is 4.79 Å². The van der Waals surface area contributed by atoms with Crippen molar-refractivity contribution in [3.05, 3.63) is 23.7 Å². The van der Waals surface area contributed by atoms with E-state index in [1.807, 2.05) is 17.9 Å². The molecular formula is C13H19ClN2O2. The van der Waals surface area contributed by atoms with Gasteiger partial charge in [0.1, 0.15) is 0 Å². The highest BCUT2D eigenvalue weighted by atomic mass is 35.5. The lowest BCUT2D eigenvalue weighted by Gasteiger charge is -2.27. The molecule has 2 fully saturated rings. The molecule has 1 N–H and O–H groups in total. The first-order valence-corrected chi connectivity index (χ1v) is 6.35. The quantitative estimate of drug-likeness (QED) is 0.849. The highest BCUT2D eigenvalue weighted by Gasteiger charge is 2.39. The molecule has 1 aromatic rings. The minimum absolute atomic E-state index is 0. The number of aryl methyl sites for hydroxylation is 1. The fourth-order valence-electron chi connectivity index (χ4n) is 3.02. The zero-order chi connectivity index (χ0) is 11.8. The Morgan fingerprint density at radius 2 is 2.17 bits per heavy atom. The summed E-state index contributed by atoms with van der Waals surface area (Å²) in [6, 6.07) is 2.59. The van der Waals surface area contributed by atoms with Crippen LogP contribution in [0.2, 0.25) is 0 Å². The van der Waals surface area contributed by atoms with Crippen LogP contribution in [0.15, 0.2) is 16.7 Å². The number of hydrogen-bond acceptors (Lipinski definition) is 3. The van der Waals surface area contributed by atoms with Gasteiger partial charge in [0.25, 0.3) is 5.91 Å². The average molecular weight is 271 g/mol. The maximum absolute atomic E-state index is 12.5. The van der Waals surface area contributed by atoms with E-state index < -0.39 is 0 Å². The zero-order valence-electron chi connectivity index (χ0n) is 10.5. The topological polar surface area (TPSA) is 45.5 Å². The smallest absolute Gasteiger partial charge is 0.290 e. The molecule has 2 aliphatic heterocycles. The van der Waals surface area contributed by atoms with Crippen molar-refractivity contribution in [3.8, 4) is 0 Å². The fraction of sp³-hybridized carbons (Fsp3) is 0.615. The number of carbonyl (C=O) groups excluding carboxylic acids is 1. The summed E-state index contributed by atoms with van der Waals surface area (Å²) in [6.45, 7) is 3.86. The number of hydrogen-bond donors (Lipinski definition) is 1. The largest absolute Gasteiger partial charge is 0.459 e. The van der Waals surface area contributed by atoms with Crippen molar-refractivity contribution in [3.63, 3.8) is 0 Å². The van der Waals surface area contributed by atoms with E-state index >= 15 is 0 Å². The number of amides is 1. The van der Waals surface area contributed by atoms with Crippen LogP contribution >= 0.6 is 12.4 Å². The van der Waals surface area contributed by atoms with Crippen LogP contribution in [0.3, 0.4) is 0 Å². The van der Waals surface area contributed by atoms with Crippen LogP contribution in [0, 0.1) is 6.92 Å². The first-order chi connectivity index (χ1) is 8.27. The number of rotatable bonds is 1. The van der Waals surface area contributed by atoms with Gasteiger partial charge in [0.05, 0.1) is 6.26 Å². The molecule has 18 heavy (non-hydrogen) atoms. The molecule has 0 spiro atoms. The summed E-state index contributed by atoms with van der Waals surface area (Å²) < 4.78 is 5.33. The predicted molar refractivity (Wildman–Crippen MR) is 71.2 cm³/mol. The Labute approximate surface area is 113 Å². The Morgan fingerprint density at radius 1 is 1.39 bits per heavy atom. The number of furan rings is 1. The molecule has 2 saturated heterocycles. The van der Waals surface area contributed by atoms with Crippen LogP contribution in [0.4, 0.5) is 0 Å². The Bertz CT molecular complexity index is 418. The fourth-order valence-corrected chi connectivity index (χ4v) is 3.02. The summed E-state index contributed by atoms with van der Waals surface area (Å²) in [7, 11) is 0. The second-order valence-electron chi connectivity index (χ2n) is 5.02. The molecular weight excluding hydrogens is 252 g/mol. The van der Waals surface area contributed by atoms with E-state index in [4.69, 9.17) is 4.42 Å². The molecule has 0 saturated carbocycles. The molecule has 1 amide bonds. The van der Waals surface area contributed by atoms with Crippen LogP contribution in [-0.2, 0) is 0 Å². The Kier molecular flexibility index (Phi) is 3.97. The van der Waals surface area contributed by atoms with Crippen molar-refractivity contribution in [2.75, 3.05) is 13.1 Å². The first kappa shape index (κ1) is 13.4. The lowest BCUT2D eigenvalue weighted by atomic mass is 10.1. The van der Waals surface area contributed by atoms with E-state index in [2.05, 4.69) is 5.32 Å². The van der Waals surface area contributed by atoms with Crippen LogP contribution in [0.5, 0.6) is 0 Å². The molecule has 2 bridgehead atoms. The van der Waals surface area contributed by atoms with E-state index in [0.717, 1.165) is 37.9 Å². The standard InChI is InChI=1S/C13H18N2O2.ClH/c1-9-5-7-17-12(9)13(16)15-10-2-3-11(15)8-14-6-4-10;/h5,7,10-11,14H,2-4,6,8H2,1H3;1H. The minimum Gasteiger partial charge on any atom is -0.459 e. The van der Waals surface area contributed by atoms with Gasteiger partial charge in [-0.2, -0.15) is 0 Å². The van der Waals surface area contributed by atoms with Gasteiger partial charge in [0, 0.05) is 24.2 Å². The van der Waals surface area contributed by atoms with Gasteiger partial charge in [0.2, 0.25) is 0 Å². The average Bonchev–Trinajstić information content (AvgIpc) is 2.81. The van der Waals surface area contributed by atoms with E-state index in [0.29, 0.717) is 17.8 Å². The molecule has 4 nitrogen and oxygen atoms in total. The second-order valence-corrected chi connectivity index (χ2v) is 5.02. The second kappa shape index (κ2) is 5.33. The van der Waals surface area contributed by atoms with Crippen molar-refractivity contribution >= 4 is 18.3 Å². The van der Waals surface area contributed by atoms with Gasteiger partial charge in [-0.1, -0.05) is 0 Å². The van der Waals surface area contributed by atoms with Gasteiger partial charge in [-0.15, -0.1) is 12.4 Å². The number of nitrogens with one attached hydrogen (secondary N) is 1. The van der Waals surface area contributed by atoms with Crippen LogP contribution < -0.4 is 5.32 Å². The lowest BCUT2D eigenvalue weighted by Crippen LogP contribution is -2.42. The third kappa shape index (κ3) is 2.15. The van der Waals surface area contributed by atoms with Crippen molar-refractivity contribution in [1.82, 2.24) is 10.2 Å². The van der Waals surface area contributed by atoms with Crippen LogP contribution in [-0.4, -0.2) is 36.0 Å².